The summed E-state index contributed by atoms with van der Waals surface area (Å²) < 4.78 is 61.2. The summed E-state index contributed by atoms with van der Waals surface area (Å²) in [6, 6.07) is 4.03. The van der Waals surface area contributed by atoms with Gasteiger partial charge in [-0.1, -0.05) is 0 Å². The normalized spacial score (nSPS) is 17.1. The molecule has 27 heavy (non-hydrogen) atoms. The van der Waals surface area contributed by atoms with Crippen molar-refractivity contribution in [3.63, 3.8) is 0 Å². The minimum Gasteiger partial charge on any atom is -0.478 e. The summed E-state index contributed by atoms with van der Waals surface area (Å²) in [6.07, 6.45) is 1.59. The van der Waals surface area contributed by atoms with E-state index in [4.69, 9.17) is 5.11 Å². The van der Waals surface area contributed by atoms with Crippen molar-refractivity contribution < 1.29 is 31.5 Å². The number of hydrogen-bond donors (Lipinski definition) is 2. The third-order valence-electron chi connectivity index (χ3n) is 4.31. The minimum atomic E-state index is -5.33. The smallest absolute Gasteiger partial charge is 0.478 e. The second-order valence-electron chi connectivity index (χ2n) is 6.03. The Kier molecular flexibility index (Phi) is 4.95. The zero-order chi connectivity index (χ0) is 19.8. The molecule has 2 aromatic rings. The van der Waals surface area contributed by atoms with E-state index >= 15 is 0 Å². The standard InChI is InChI=1S/C15H15F3N4O4S/c16-15(17,18)27(25,26)22-5-3-10(4-6-22)21-13-11-7-9(14(23)24)1-2-12(11)19-8-20-13/h1-2,7-8,10H,3-6H2,(H,23,24)(H,19,20,21). The molecular weight excluding hydrogens is 389 g/mol. The summed E-state index contributed by atoms with van der Waals surface area (Å²) in [5.41, 5.74) is -4.76. The van der Waals surface area contributed by atoms with E-state index in [0.717, 1.165) is 0 Å². The van der Waals surface area contributed by atoms with Crippen LogP contribution in [0, 0.1) is 0 Å². The number of aromatic carboxylic acids is 1. The van der Waals surface area contributed by atoms with Gasteiger partial charge in [-0.3, -0.25) is 0 Å². The average Bonchev–Trinajstić information content (AvgIpc) is 2.61. The number of sulfonamides is 1. The average molecular weight is 404 g/mol. The van der Waals surface area contributed by atoms with Crippen molar-refractivity contribution in [2.24, 2.45) is 0 Å². The molecule has 0 saturated carbocycles. The molecule has 0 atom stereocenters. The number of alkyl halides is 3. The topological polar surface area (TPSA) is 112 Å². The first-order valence-corrected chi connectivity index (χ1v) is 9.34. The third-order valence-corrected chi connectivity index (χ3v) is 5.94. The lowest BCUT2D eigenvalue weighted by atomic mass is 10.1. The molecule has 0 spiro atoms. The highest BCUT2D eigenvalue weighted by Crippen LogP contribution is 2.30. The number of carbonyl (C=O) groups is 1. The first kappa shape index (κ1) is 19.3. The SMILES string of the molecule is O=C(O)c1ccc2ncnc(NC3CCN(S(=O)(=O)C(F)(F)F)CC3)c2c1. The van der Waals surface area contributed by atoms with Crippen molar-refractivity contribution in [1.82, 2.24) is 14.3 Å². The van der Waals surface area contributed by atoms with Gasteiger partial charge in [0.25, 0.3) is 0 Å². The highest BCUT2D eigenvalue weighted by molar-refractivity contribution is 7.90. The van der Waals surface area contributed by atoms with Crippen LogP contribution in [0.3, 0.4) is 0 Å². The fraction of sp³-hybridized carbons (Fsp3) is 0.400. The number of hydrogen-bond acceptors (Lipinski definition) is 6. The van der Waals surface area contributed by atoms with Crippen LogP contribution in [-0.2, 0) is 10.0 Å². The molecule has 0 radical (unpaired) electrons. The Morgan fingerprint density at radius 1 is 1.22 bits per heavy atom. The second-order valence-corrected chi connectivity index (χ2v) is 7.96. The van der Waals surface area contributed by atoms with E-state index in [2.05, 4.69) is 15.3 Å². The summed E-state index contributed by atoms with van der Waals surface area (Å²) in [5, 5.41) is 12.6. The Morgan fingerprint density at radius 3 is 2.48 bits per heavy atom. The maximum atomic E-state index is 12.6. The highest BCUT2D eigenvalue weighted by atomic mass is 32.2. The van der Waals surface area contributed by atoms with Crippen molar-refractivity contribution in [1.29, 1.82) is 0 Å². The zero-order valence-electron chi connectivity index (χ0n) is 13.8. The van der Waals surface area contributed by atoms with Gasteiger partial charge in [-0.05, 0) is 31.0 Å². The highest BCUT2D eigenvalue weighted by Gasteiger charge is 2.50. The van der Waals surface area contributed by atoms with Gasteiger partial charge in [-0.2, -0.15) is 17.5 Å². The molecule has 8 nitrogen and oxygen atoms in total. The van der Waals surface area contributed by atoms with Crippen molar-refractivity contribution in [3.05, 3.63) is 30.1 Å². The molecule has 0 unspecified atom stereocenters. The van der Waals surface area contributed by atoms with Crippen molar-refractivity contribution in [3.8, 4) is 0 Å². The van der Waals surface area contributed by atoms with Gasteiger partial charge < -0.3 is 10.4 Å². The summed E-state index contributed by atoms with van der Waals surface area (Å²) in [6.45, 7) is -0.550. The zero-order valence-corrected chi connectivity index (χ0v) is 14.6. The Hall–Kier alpha value is -2.47. The monoisotopic (exact) mass is 404 g/mol. The Balaban J connectivity index is 1.76. The van der Waals surface area contributed by atoms with Crippen LogP contribution in [0.5, 0.6) is 0 Å². The number of fused-ring (bicyclic) bond motifs is 1. The summed E-state index contributed by atoms with van der Waals surface area (Å²) >= 11 is 0. The molecule has 1 aromatic heterocycles. The Labute approximate surface area is 152 Å². The first-order valence-electron chi connectivity index (χ1n) is 7.90. The lowest BCUT2D eigenvalue weighted by Crippen LogP contribution is -2.47. The van der Waals surface area contributed by atoms with Crippen LogP contribution in [0.1, 0.15) is 23.2 Å². The van der Waals surface area contributed by atoms with Crippen LogP contribution in [0.2, 0.25) is 0 Å². The van der Waals surface area contributed by atoms with Gasteiger partial charge in [0.15, 0.2) is 0 Å². The largest absolute Gasteiger partial charge is 0.511 e. The summed E-state index contributed by atoms with van der Waals surface area (Å²) in [5.74, 6) is -0.766. The van der Waals surface area contributed by atoms with E-state index in [-0.39, 0.29) is 37.5 Å². The van der Waals surface area contributed by atoms with Crippen LogP contribution < -0.4 is 5.32 Å². The fourth-order valence-corrected chi connectivity index (χ4v) is 3.87. The van der Waals surface area contributed by atoms with Crippen LogP contribution in [0.4, 0.5) is 19.0 Å². The number of piperidine rings is 1. The van der Waals surface area contributed by atoms with Crippen LogP contribution in [0.15, 0.2) is 24.5 Å². The van der Waals surface area contributed by atoms with Crippen LogP contribution in [0.25, 0.3) is 10.9 Å². The van der Waals surface area contributed by atoms with E-state index in [0.29, 0.717) is 21.0 Å². The number of aromatic nitrogens is 2. The van der Waals surface area contributed by atoms with Gasteiger partial charge in [0.1, 0.15) is 12.1 Å². The van der Waals surface area contributed by atoms with Crippen LogP contribution >= 0.6 is 0 Å². The van der Waals surface area contributed by atoms with Gasteiger partial charge in [0, 0.05) is 24.5 Å². The number of rotatable bonds is 4. The number of carboxylic acid groups (broad SMARTS) is 1. The molecule has 3 rings (SSSR count). The summed E-state index contributed by atoms with van der Waals surface area (Å²) in [4.78, 5) is 19.3. The predicted octanol–water partition coefficient (Wildman–Crippen LogP) is 2.05. The molecule has 0 amide bonds. The molecule has 1 fully saturated rings. The predicted molar refractivity (Wildman–Crippen MR) is 89.7 cm³/mol. The molecule has 1 aliphatic heterocycles. The van der Waals surface area contributed by atoms with E-state index in [9.17, 15) is 26.4 Å². The molecule has 2 heterocycles. The molecule has 2 N–H and O–H groups in total. The fourth-order valence-electron chi connectivity index (χ4n) is 2.88. The molecule has 146 valence electrons. The first-order chi connectivity index (χ1) is 12.6. The minimum absolute atomic E-state index is 0.0476. The van der Waals surface area contributed by atoms with Gasteiger partial charge in [-0.15, -0.1) is 0 Å². The molecule has 1 aliphatic rings. The van der Waals surface area contributed by atoms with Gasteiger partial charge >= 0.3 is 21.5 Å². The maximum absolute atomic E-state index is 12.6. The molecule has 0 aliphatic carbocycles. The van der Waals surface area contributed by atoms with E-state index in [1.54, 1.807) is 0 Å². The molecular formula is C15H15F3N4O4S. The van der Waals surface area contributed by atoms with E-state index in [1.165, 1.54) is 24.5 Å². The molecule has 1 aromatic carbocycles. The molecule has 0 bridgehead atoms. The third kappa shape index (κ3) is 3.81. The number of halogens is 3. The lowest BCUT2D eigenvalue weighted by molar-refractivity contribution is -0.0494. The van der Waals surface area contributed by atoms with Crippen LogP contribution in [-0.4, -0.2) is 58.4 Å². The van der Waals surface area contributed by atoms with Gasteiger partial charge in [-0.25, -0.2) is 23.2 Å². The maximum Gasteiger partial charge on any atom is 0.511 e. The van der Waals surface area contributed by atoms with E-state index in [1.807, 2.05) is 0 Å². The lowest BCUT2D eigenvalue weighted by Gasteiger charge is -2.32. The summed E-state index contributed by atoms with van der Waals surface area (Å²) in [7, 11) is -5.33. The number of benzene rings is 1. The Bertz CT molecular complexity index is 973. The quantitative estimate of drug-likeness (QED) is 0.802. The Morgan fingerprint density at radius 2 is 1.89 bits per heavy atom. The van der Waals surface area contributed by atoms with Gasteiger partial charge in [0.05, 0.1) is 11.1 Å². The number of anilines is 1. The second kappa shape index (κ2) is 6.93. The molecule has 1 saturated heterocycles. The number of carboxylic acids is 1. The number of nitrogens with one attached hydrogen (secondary N) is 1. The van der Waals surface area contributed by atoms with E-state index < -0.39 is 21.5 Å². The molecule has 12 heteroatoms. The van der Waals surface area contributed by atoms with Gasteiger partial charge in [0.2, 0.25) is 0 Å². The number of nitrogens with zero attached hydrogens (tertiary/aromatic N) is 3. The van der Waals surface area contributed by atoms with Crippen molar-refractivity contribution >= 4 is 32.7 Å². The van der Waals surface area contributed by atoms with Crippen molar-refractivity contribution in [2.45, 2.75) is 24.4 Å². The van der Waals surface area contributed by atoms with Crippen molar-refractivity contribution in [2.75, 3.05) is 18.4 Å².